The summed E-state index contributed by atoms with van der Waals surface area (Å²) in [4.78, 5) is 22.9. The van der Waals surface area contributed by atoms with Crippen LogP contribution in [0.4, 0.5) is 23.7 Å². The maximum absolute atomic E-state index is 12.8. The summed E-state index contributed by atoms with van der Waals surface area (Å²) in [7, 11) is 0. The van der Waals surface area contributed by atoms with Crippen LogP contribution in [0.1, 0.15) is 17.5 Å². The van der Waals surface area contributed by atoms with Crippen LogP contribution in [-0.4, -0.2) is 23.5 Å². The highest BCUT2D eigenvalue weighted by Crippen LogP contribution is 2.42. The van der Waals surface area contributed by atoms with E-state index in [2.05, 4.69) is 15.4 Å². The molecule has 3 N–H and O–H groups in total. The average molecular weight is 527 g/mol. The number of carboxylic acid groups (broad SMARTS) is 1. The van der Waals surface area contributed by atoms with E-state index in [1.807, 2.05) is 0 Å². The number of carbonyl (C=O) groups excluding carboxylic acids is 1. The van der Waals surface area contributed by atoms with Crippen LogP contribution in [0.25, 0.3) is 11.1 Å². The topological polar surface area (TPSA) is 87.7 Å². The van der Waals surface area contributed by atoms with Gasteiger partial charge in [-0.2, -0.15) is 0 Å². The summed E-state index contributed by atoms with van der Waals surface area (Å²) in [5.74, 6) is -1.34. The first-order valence-electron chi connectivity index (χ1n) is 10.2. The minimum absolute atomic E-state index is 0.0166. The van der Waals surface area contributed by atoms with Crippen LogP contribution < -0.4 is 15.4 Å². The number of anilines is 1. The Morgan fingerprint density at radius 3 is 2.14 bits per heavy atom. The molecule has 0 saturated carbocycles. The molecule has 0 spiro atoms. The maximum atomic E-state index is 12.8. The number of rotatable bonds is 8. The van der Waals surface area contributed by atoms with E-state index in [0.717, 1.165) is 17.2 Å². The first-order chi connectivity index (χ1) is 16.5. The lowest BCUT2D eigenvalue weighted by molar-refractivity contribution is -0.274. The molecule has 3 rings (SSSR count). The SMILES string of the molecule is O=C(O)CCc1ccc(CNC(=O)Nc2cc(Cl)c(-c3ccccc3OC(F)(F)F)c(Cl)c2)cc1. The molecule has 0 saturated heterocycles. The zero-order valence-corrected chi connectivity index (χ0v) is 19.5. The number of benzene rings is 3. The molecule has 11 heteroatoms. The Bertz CT molecular complexity index is 1200. The van der Waals surface area contributed by atoms with Crippen LogP contribution in [0.15, 0.2) is 60.7 Å². The van der Waals surface area contributed by atoms with E-state index in [-0.39, 0.29) is 39.8 Å². The van der Waals surface area contributed by atoms with E-state index in [1.165, 1.54) is 30.3 Å². The molecule has 0 radical (unpaired) electrons. The molecule has 3 aromatic carbocycles. The van der Waals surface area contributed by atoms with E-state index in [0.29, 0.717) is 6.42 Å². The van der Waals surface area contributed by atoms with Crippen LogP contribution >= 0.6 is 23.2 Å². The molecule has 6 nitrogen and oxygen atoms in total. The second-order valence-corrected chi connectivity index (χ2v) is 8.19. The number of halogens is 5. The Morgan fingerprint density at radius 2 is 1.54 bits per heavy atom. The smallest absolute Gasteiger partial charge is 0.481 e. The lowest BCUT2D eigenvalue weighted by Crippen LogP contribution is -2.28. The normalized spacial score (nSPS) is 11.1. The third kappa shape index (κ3) is 7.80. The predicted octanol–water partition coefficient (Wildman–Crippen LogP) is 6.90. The number of hydrogen-bond donors (Lipinski definition) is 3. The van der Waals surface area contributed by atoms with Crippen molar-refractivity contribution in [2.24, 2.45) is 0 Å². The molecular weight excluding hydrogens is 508 g/mol. The fourth-order valence-electron chi connectivity index (χ4n) is 3.22. The largest absolute Gasteiger partial charge is 0.573 e. The van der Waals surface area contributed by atoms with Gasteiger partial charge < -0.3 is 20.5 Å². The van der Waals surface area contributed by atoms with Crippen LogP contribution in [0.2, 0.25) is 10.0 Å². The third-order valence-corrected chi connectivity index (χ3v) is 5.38. The van der Waals surface area contributed by atoms with Gasteiger partial charge in [-0.25, -0.2) is 4.79 Å². The summed E-state index contributed by atoms with van der Waals surface area (Å²) >= 11 is 12.6. The molecule has 0 aliphatic rings. The second kappa shape index (κ2) is 11.3. The van der Waals surface area contributed by atoms with Crippen LogP contribution in [0, 0.1) is 0 Å². The molecular formula is C24H19Cl2F3N2O4. The van der Waals surface area contributed by atoms with Gasteiger partial charge in [0, 0.05) is 29.8 Å². The Balaban J connectivity index is 1.66. The molecule has 0 fully saturated rings. The number of alkyl halides is 3. The number of carbonyl (C=O) groups is 2. The number of nitrogens with one attached hydrogen (secondary N) is 2. The summed E-state index contributed by atoms with van der Waals surface area (Å²) in [5.41, 5.74) is 2.07. The second-order valence-electron chi connectivity index (χ2n) is 7.38. The number of ether oxygens (including phenoxy) is 1. The first-order valence-corrected chi connectivity index (χ1v) is 11.0. The third-order valence-electron chi connectivity index (χ3n) is 4.79. The number of carboxylic acids is 1. The van der Waals surface area contributed by atoms with E-state index in [1.54, 1.807) is 24.3 Å². The number of hydrogen-bond acceptors (Lipinski definition) is 3. The van der Waals surface area contributed by atoms with Crippen LogP contribution in [0.5, 0.6) is 5.75 Å². The summed E-state index contributed by atoms with van der Waals surface area (Å²) in [6.45, 7) is 0.201. The van der Waals surface area contributed by atoms with Gasteiger partial charge in [0.25, 0.3) is 0 Å². The van der Waals surface area contributed by atoms with Crippen molar-refractivity contribution in [3.05, 3.63) is 81.8 Å². The van der Waals surface area contributed by atoms with Gasteiger partial charge in [-0.1, -0.05) is 65.7 Å². The van der Waals surface area contributed by atoms with Gasteiger partial charge in [-0.3, -0.25) is 4.79 Å². The molecule has 184 valence electrons. The highest BCUT2D eigenvalue weighted by molar-refractivity contribution is 6.40. The van der Waals surface area contributed by atoms with Crippen molar-refractivity contribution in [3.63, 3.8) is 0 Å². The molecule has 0 unspecified atom stereocenters. The van der Waals surface area contributed by atoms with E-state index in [4.69, 9.17) is 28.3 Å². The first kappa shape index (κ1) is 26.2. The van der Waals surface area contributed by atoms with Gasteiger partial charge in [0.15, 0.2) is 0 Å². The zero-order chi connectivity index (χ0) is 25.6. The van der Waals surface area contributed by atoms with E-state index in [9.17, 15) is 22.8 Å². The minimum atomic E-state index is -4.90. The molecule has 0 aliphatic carbocycles. The predicted molar refractivity (Wildman–Crippen MR) is 127 cm³/mol. The van der Waals surface area contributed by atoms with Crippen molar-refractivity contribution in [2.75, 3.05) is 5.32 Å². The quantitative estimate of drug-likeness (QED) is 0.298. The fraction of sp³-hybridized carbons (Fsp3) is 0.167. The van der Waals surface area contributed by atoms with E-state index < -0.39 is 24.1 Å². The number of para-hydroxylation sites is 1. The Kier molecular flexibility index (Phi) is 8.48. The lowest BCUT2D eigenvalue weighted by atomic mass is 10.0. The van der Waals surface area contributed by atoms with Gasteiger partial charge in [-0.15, -0.1) is 13.2 Å². The van der Waals surface area contributed by atoms with Gasteiger partial charge in [0.05, 0.1) is 10.0 Å². The summed E-state index contributed by atoms with van der Waals surface area (Å²) < 4.78 is 42.4. The lowest BCUT2D eigenvalue weighted by Gasteiger charge is -2.16. The molecule has 0 aromatic heterocycles. The van der Waals surface area contributed by atoms with Gasteiger partial charge in [0.2, 0.25) is 0 Å². The molecule has 0 heterocycles. The molecule has 0 atom stereocenters. The molecule has 3 aromatic rings. The van der Waals surface area contributed by atoms with Crippen molar-refractivity contribution >= 4 is 40.9 Å². The van der Waals surface area contributed by atoms with Crippen molar-refractivity contribution < 1.29 is 32.6 Å². The van der Waals surface area contributed by atoms with Crippen LogP contribution in [-0.2, 0) is 17.8 Å². The fourth-order valence-corrected chi connectivity index (χ4v) is 3.91. The van der Waals surface area contributed by atoms with E-state index >= 15 is 0 Å². The van der Waals surface area contributed by atoms with Crippen molar-refractivity contribution in [2.45, 2.75) is 25.7 Å². The van der Waals surface area contributed by atoms with Crippen LogP contribution in [0.3, 0.4) is 0 Å². The zero-order valence-electron chi connectivity index (χ0n) is 18.0. The average Bonchev–Trinajstić information content (AvgIpc) is 2.76. The van der Waals surface area contributed by atoms with Crippen molar-refractivity contribution in [1.29, 1.82) is 0 Å². The highest BCUT2D eigenvalue weighted by Gasteiger charge is 2.32. The monoisotopic (exact) mass is 526 g/mol. The number of aliphatic carboxylic acids is 1. The molecule has 0 bridgehead atoms. The van der Waals surface area contributed by atoms with Gasteiger partial charge in [-0.05, 0) is 35.7 Å². The van der Waals surface area contributed by atoms with Gasteiger partial charge >= 0.3 is 18.4 Å². The van der Waals surface area contributed by atoms with Gasteiger partial charge in [0.1, 0.15) is 5.75 Å². The molecule has 0 aliphatic heterocycles. The molecule has 2 amide bonds. The minimum Gasteiger partial charge on any atom is -0.481 e. The maximum Gasteiger partial charge on any atom is 0.573 e. The standard InChI is InChI=1S/C24H19Cl2F3N2O4/c25-18-11-16(12-19(26)22(18)17-3-1-2-4-20(17)35-24(27,28)29)31-23(34)30-13-15-7-5-14(6-8-15)9-10-21(32)33/h1-8,11-12H,9-10,13H2,(H,32,33)(H2,30,31,34). The summed E-state index contributed by atoms with van der Waals surface area (Å²) in [5, 5.41) is 14.0. The van der Waals surface area contributed by atoms with Crippen molar-refractivity contribution in [1.82, 2.24) is 5.32 Å². The summed E-state index contributed by atoms with van der Waals surface area (Å²) in [6, 6.07) is 14.7. The molecule has 35 heavy (non-hydrogen) atoms. The Morgan fingerprint density at radius 1 is 0.943 bits per heavy atom. The number of amides is 2. The summed E-state index contributed by atoms with van der Waals surface area (Å²) in [6.07, 6.45) is -4.45. The highest BCUT2D eigenvalue weighted by atomic mass is 35.5. The number of urea groups is 1. The Hall–Kier alpha value is -3.43. The van der Waals surface area contributed by atoms with Crippen molar-refractivity contribution in [3.8, 4) is 16.9 Å². The number of aryl methyl sites for hydroxylation is 1. The Labute approximate surface area is 208 Å².